The molecule has 1 N–H and O–H groups in total. The summed E-state index contributed by atoms with van der Waals surface area (Å²) in [4.78, 5) is 28.5. The third-order valence-electron chi connectivity index (χ3n) is 7.72. The minimum absolute atomic E-state index is 0.0213. The van der Waals surface area contributed by atoms with Gasteiger partial charge in [0, 0.05) is 24.9 Å². The largest absolute Gasteiger partial charge is 0.497 e. The van der Waals surface area contributed by atoms with Crippen molar-refractivity contribution in [3.63, 3.8) is 0 Å². The molecular weight excluding hydrogens is 573 g/mol. The van der Waals surface area contributed by atoms with Gasteiger partial charge in [-0.1, -0.05) is 54.6 Å². The van der Waals surface area contributed by atoms with Crippen LogP contribution in [0.3, 0.4) is 0 Å². The van der Waals surface area contributed by atoms with Gasteiger partial charge >= 0.3 is 6.09 Å². The molecule has 0 spiro atoms. The highest BCUT2D eigenvalue weighted by molar-refractivity contribution is 5.80. The lowest BCUT2D eigenvalue weighted by Gasteiger charge is -2.42. The quantitative estimate of drug-likeness (QED) is 0.220. The summed E-state index contributed by atoms with van der Waals surface area (Å²) in [7, 11) is 3.10. The Morgan fingerprint density at radius 3 is 1.98 bits per heavy atom. The Hall–Kier alpha value is -4.99. The number of nitrogens with one attached hydrogen (secondary N) is 1. The lowest BCUT2D eigenvalue weighted by Crippen LogP contribution is -2.55. The van der Waals surface area contributed by atoms with Crippen molar-refractivity contribution in [2.24, 2.45) is 0 Å². The smallest absolute Gasteiger partial charge is 0.407 e. The number of methoxy groups -OCH3 is 2. The van der Waals surface area contributed by atoms with Crippen molar-refractivity contribution in [3.8, 4) is 11.5 Å². The van der Waals surface area contributed by atoms with Crippen LogP contribution in [0.1, 0.15) is 40.6 Å². The van der Waals surface area contributed by atoms with Crippen LogP contribution in [0.2, 0.25) is 0 Å². The molecular formula is C34H31F3N2O5. The fraction of sp³-hybridized carbons (Fsp3) is 0.235. The zero-order valence-electron chi connectivity index (χ0n) is 24.1. The highest BCUT2D eigenvalue weighted by Crippen LogP contribution is 2.38. The van der Waals surface area contributed by atoms with Crippen LogP contribution in [-0.2, 0) is 16.1 Å². The zero-order chi connectivity index (χ0) is 31.2. The van der Waals surface area contributed by atoms with Crippen molar-refractivity contribution in [1.29, 1.82) is 0 Å². The molecule has 0 aliphatic carbocycles. The van der Waals surface area contributed by atoms with Gasteiger partial charge in [-0.05, 0) is 52.6 Å². The summed E-state index contributed by atoms with van der Waals surface area (Å²) in [6.07, 6.45) is -1.08. The summed E-state index contributed by atoms with van der Waals surface area (Å²) in [5.74, 6) is -3.72. The minimum atomic E-state index is -1.35. The van der Waals surface area contributed by atoms with Crippen molar-refractivity contribution >= 4 is 12.0 Å². The topological polar surface area (TPSA) is 77.1 Å². The first-order valence-electron chi connectivity index (χ1n) is 14.0. The highest BCUT2D eigenvalue weighted by Gasteiger charge is 2.41. The molecule has 44 heavy (non-hydrogen) atoms. The fourth-order valence-corrected chi connectivity index (χ4v) is 5.47. The van der Waals surface area contributed by atoms with Gasteiger partial charge in [-0.25, -0.2) is 18.0 Å². The lowest BCUT2D eigenvalue weighted by molar-refractivity contribution is -0.136. The second-order valence-electron chi connectivity index (χ2n) is 10.4. The molecule has 1 aliphatic heterocycles. The first kappa shape index (κ1) is 30.5. The molecule has 1 saturated heterocycles. The zero-order valence-corrected chi connectivity index (χ0v) is 24.1. The maximum Gasteiger partial charge on any atom is 0.407 e. The molecule has 5 rings (SSSR count). The van der Waals surface area contributed by atoms with Gasteiger partial charge < -0.3 is 24.4 Å². The average Bonchev–Trinajstić information content (AvgIpc) is 3.04. The van der Waals surface area contributed by atoms with Crippen molar-refractivity contribution in [3.05, 3.63) is 131 Å². The Morgan fingerprint density at radius 1 is 0.841 bits per heavy atom. The van der Waals surface area contributed by atoms with Crippen molar-refractivity contribution in [2.45, 2.75) is 31.0 Å². The van der Waals surface area contributed by atoms with Crippen molar-refractivity contribution < 1.29 is 37.0 Å². The molecule has 4 aromatic rings. The van der Waals surface area contributed by atoms with E-state index in [2.05, 4.69) is 5.32 Å². The molecule has 10 heteroatoms. The average molecular weight is 605 g/mol. The van der Waals surface area contributed by atoms with Gasteiger partial charge in [-0.3, -0.25) is 4.79 Å². The summed E-state index contributed by atoms with van der Waals surface area (Å²) < 4.78 is 59.2. The first-order chi connectivity index (χ1) is 21.3. The number of ether oxygens (including phenoxy) is 3. The van der Waals surface area contributed by atoms with Gasteiger partial charge in [0.1, 0.15) is 23.9 Å². The van der Waals surface area contributed by atoms with E-state index >= 15 is 4.39 Å². The molecule has 0 aromatic heterocycles. The summed E-state index contributed by atoms with van der Waals surface area (Å²) in [5.41, 5.74) is 2.06. The van der Waals surface area contributed by atoms with E-state index in [9.17, 15) is 18.4 Å². The Morgan fingerprint density at radius 2 is 1.41 bits per heavy atom. The molecule has 1 fully saturated rings. The monoisotopic (exact) mass is 604 g/mol. The van der Waals surface area contributed by atoms with Crippen LogP contribution in [0.4, 0.5) is 18.0 Å². The molecule has 2 amide bonds. The van der Waals surface area contributed by atoms with Crippen LogP contribution in [0.5, 0.6) is 11.5 Å². The SMILES string of the molecule is COc1ccc(C(c2ccc(OC)cc2)N2C[C@@H](NC(=O)OCc3ccccc3)[C@H](c3cc(F)c(F)cc3F)CC2=O)cc1. The maximum atomic E-state index is 15.1. The Kier molecular flexibility index (Phi) is 9.38. The number of amides is 2. The molecule has 0 radical (unpaired) electrons. The van der Waals surface area contributed by atoms with E-state index in [0.717, 1.165) is 22.8 Å². The predicted molar refractivity (Wildman–Crippen MR) is 157 cm³/mol. The third kappa shape index (κ3) is 6.80. The molecule has 4 aromatic carbocycles. The number of rotatable bonds is 9. The number of piperidine rings is 1. The highest BCUT2D eigenvalue weighted by atomic mass is 19.2. The van der Waals surface area contributed by atoms with Crippen LogP contribution >= 0.6 is 0 Å². The standard InChI is InChI=1S/C34H31F3N2O5/c1-42-24-12-8-22(9-13-24)33(23-10-14-25(43-2)15-11-23)39-19-31(38-34(41)44-20-21-6-4-3-5-7-21)27(17-32(39)40)26-16-29(36)30(37)18-28(26)35/h3-16,18,27,31,33H,17,19-20H2,1-2H3,(H,38,41)/t27-,31+/m0/s1. The van der Waals surface area contributed by atoms with Crippen molar-refractivity contribution in [1.82, 2.24) is 10.2 Å². The first-order valence-corrected chi connectivity index (χ1v) is 14.0. The lowest BCUT2D eigenvalue weighted by atomic mass is 9.82. The van der Waals surface area contributed by atoms with Crippen LogP contribution in [0.25, 0.3) is 0 Å². The van der Waals surface area contributed by atoms with Gasteiger partial charge in [0.25, 0.3) is 0 Å². The Balaban J connectivity index is 1.50. The number of alkyl carbamates (subject to hydrolysis) is 1. The maximum absolute atomic E-state index is 15.1. The van der Waals surface area contributed by atoms with E-state index in [-0.39, 0.29) is 31.0 Å². The molecule has 0 saturated carbocycles. The number of likely N-dealkylation sites (tertiary alicyclic amines) is 1. The Bertz CT molecular complexity index is 1550. The van der Waals surface area contributed by atoms with E-state index in [4.69, 9.17) is 14.2 Å². The normalized spacial score (nSPS) is 16.5. The fourth-order valence-electron chi connectivity index (χ4n) is 5.47. The van der Waals surface area contributed by atoms with Crippen LogP contribution < -0.4 is 14.8 Å². The third-order valence-corrected chi connectivity index (χ3v) is 7.72. The minimum Gasteiger partial charge on any atom is -0.497 e. The molecule has 7 nitrogen and oxygen atoms in total. The predicted octanol–water partition coefficient (Wildman–Crippen LogP) is 6.52. The molecule has 0 unspecified atom stereocenters. The van der Waals surface area contributed by atoms with E-state index < -0.39 is 41.5 Å². The summed E-state index contributed by atoms with van der Waals surface area (Å²) in [6.45, 7) is -0.0995. The molecule has 0 bridgehead atoms. The van der Waals surface area contributed by atoms with E-state index in [1.807, 2.05) is 42.5 Å². The van der Waals surface area contributed by atoms with E-state index in [1.165, 1.54) is 0 Å². The summed E-state index contributed by atoms with van der Waals surface area (Å²) in [5, 5.41) is 2.77. The van der Waals surface area contributed by atoms with Gasteiger partial charge in [0.15, 0.2) is 11.6 Å². The number of benzene rings is 4. The summed E-state index contributed by atoms with van der Waals surface area (Å²) >= 11 is 0. The number of nitrogens with zero attached hydrogens (tertiary/aromatic N) is 1. The van der Waals surface area contributed by atoms with Gasteiger partial charge in [-0.2, -0.15) is 0 Å². The number of carbonyl (C=O) groups is 2. The number of hydrogen-bond donors (Lipinski definition) is 1. The van der Waals surface area contributed by atoms with Crippen molar-refractivity contribution in [2.75, 3.05) is 20.8 Å². The second kappa shape index (κ2) is 13.5. The number of hydrogen-bond acceptors (Lipinski definition) is 5. The van der Waals surface area contributed by atoms with Gasteiger partial charge in [0.05, 0.1) is 26.3 Å². The second-order valence-corrected chi connectivity index (χ2v) is 10.4. The van der Waals surface area contributed by atoms with Crippen LogP contribution in [0.15, 0.2) is 91.0 Å². The molecule has 1 aliphatic rings. The van der Waals surface area contributed by atoms with E-state index in [0.29, 0.717) is 17.6 Å². The molecule has 228 valence electrons. The van der Waals surface area contributed by atoms with Gasteiger partial charge in [0.2, 0.25) is 5.91 Å². The molecule has 1 heterocycles. The Labute approximate surface area is 253 Å². The van der Waals surface area contributed by atoms with Crippen LogP contribution in [0, 0.1) is 17.5 Å². The van der Waals surface area contributed by atoms with Gasteiger partial charge in [-0.15, -0.1) is 0 Å². The number of halogens is 3. The molecule has 2 atom stereocenters. The summed E-state index contributed by atoms with van der Waals surface area (Å²) in [6, 6.07) is 23.1. The number of carbonyl (C=O) groups excluding carboxylic acids is 2. The van der Waals surface area contributed by atoms with E-state index in [1.54, 1.807) is 55.5 Å². The van der Waals surface area contributed by atoms with Crippen LogP contribution in [-0.4, -0.2) is 43.7 Å².